The second kappa shape index (κ2) is 2.91. The first-order valence-corrected chi connectivity index (χ1v) is 4.57. The Morgan fingerprint density at radius 1 is 1.58 bits per heavy atom. The predicted octanol–water partition coefficient (Wildman–Crippen LogP) is -1.67. The summed E-state index contributed by atoms with van der Waals surface area (Å²) >= 11 is 0. The molecule has 0 N–H and O–H groups in total. The van der Waals surface area contributed by atoms with Crippen molar-refractivity contribution in [2.75, 3.05) is 14.1 Å². The number of aromatic nitrogens is 2. The van der Waals surface area contributed by atoms with Gasteiger partial charge in [-0.25, -0.2) is 0 Å². The van der Waals surface area contributed by atoms with Gasteiger partial charge in [0.1, 0.15) is 7.85 Å². The van der Waals surface area contributed by atoms with Gasteiger partial charge in [0.25, 0.3) is 0 Å². The van der Waals surface area contributed by atoms with Crippen LogP contribution in [0.15, 0.2) is 12.4 Å². The Kier molecular flexibility index (Phi) is 2.25. The van der Waals surface area contributed by atoms with Crippen molar-refractivity contribution in [3.05, 3.63) is 12.4 Å². The van der Waals surface area contributed by atoms with E-state index >= 15 is 0 Å². The average Bonchev–Trinajstić information content (AvgIpc) is 2.35. The van der Waals surface area contributed by atoms with Crippen molar-refractivity contribution in [1.29, 1.82) is 0 Å². The molecule has 0 saturated carbocycles. The Balaban J connectivity index is 3.15. The van der Waals surface area contributed by atoms with E-state index in [2.05, 4.69) is 5.10 Å². The normalized spacial score (nSPS) is 12.2. The topological polar surface area (TPSA) is 55.2 Å². The standard InChI is InChI=1S/C5H8BN3O2S/c1-8(2)12(10,11)9-4-5(6)3-7-9/h3-4H,1-2H3. The van der Waals surface area contributed by atoms with Gasteiger partial charge in [-0.1, -0.05) is 5.46 Å². The Bertz CT molecular complexity index is 370. The molecule has 0 aromatic carbocycles. The first-order chi connectivity index (χ1) is 5.44. The molecule has 64 valence electrons. The summed E-state index contributed by atoms with van der Waals surface area (Å²) < 4.78 is 24.5. The molecule has 7 heteroatoms. The fourth-order valence-electron chi connectivity index (χ4n) is 0.611. The summed E-state index contributed by atoms with van der Waals surface area (Å²) in [6.07, 6.45) is 2.52. The van der Waals surface area contributed by atoms with E-state index in [1.54, 1.807) is 0 Å². The van der Waals surface area contributed by atoms with Crippen molar-refractivity contribution in [2.24, 2.45) is 0 Å². The van der Waals surface area contributed by atoms with Crippen LogP contribution < -0.4 is 5.46 Å². The molecule has 1 heterocycles. The van der Waals surface area contributed by atoms with Crippen molar-refractivity contribution in [3.63, 3.8) is 0 Å². The van der Waals surface area contributed by atoms with Crippen LogP contribution in [-0.2, 0) is 10.2 Å². The fourth-order valence-corrected chi connectivity index (χ4v) is 1.37. The van der Waals surface area contributed by atoms with Gasteiger partial charge >= 0.3 is 10.2 Å². The molecule has 1 aromatic heterocycles. The lowest BCUT2D eigenvalue weighted by molar-refractivity contribution is 0.504. The average molecular weight is 185 g/mol. The van der Waals surface area contributed by atoms with Gasteiger partial charge in [0.15, 0.2) is 0 Å². The van der Waals surface area contributed by atoms with Crippen molar-refractivity contribution in [3.8, 4) is 0 Å². The summed E-state index contributed by atoms with van der Waals surface area (Å²) in [7, 11) is 4.66. The van der Waals surface area contributed by atoms with Crippen molar-refractivity contribution >= 4 is 23.5 Å². The Morgan fingerprint density at radius 3 is 2.50 bits per heavy atom. The van der Waals surface area contributed by atoms with Gasteiger partial charge in [-0.05, 0) is 0 Å². The van der Waals surface area contributed by atoms with E-state index in [0.717, 1.165) is 8.39 Å². The van der Waals surface area contributed by atoms with Crippen LogP contribution in [0, 0.1) is 0 Å². The third-order valence-corrected chi connectivity index (χ3v) is 2.87. The second-order valence-corrected chi connectivity index (χ2v) is 4.44. The lowest BCUT2D eigenvalue weighted by Gasteiger charge is -2.09. The molecule has 0 fully saturated rings. The summed E-state index contributed by atoms with van der Waals surface area (Å²) in [4.78, 5) is 0. The zero-order valence-electron chi connectivity index (χ0n) is 6.80. The zero-order chi connectivity index (χ0) is 9.35. The van der Waals surface area contributed by atoms with Gasteiger partial charge in [0, 0.05) is 26.5 Å². The fraction of sp³-hybridized carbons (Fsp3) is 0.400. The Labute approximate surface area is 72.6 Å². The minimum Gasteiger partial charge on any atom is -0.189 e. The van der Waals surface area contributed by atoms with Gasteiger partial charge in [-0.3, -0.25) is 0 Å². The lowest BCUT2D eigenvalue weighted by Crippen LogP contribution is -2.29. The highest BCUT2D eigenvalue weighted by molar-refractivity contribution is 7.87. The van der Waals surface area contributed by atoms with E-state index in [9.17, 15) is 8.42 Å². The highest BCUT2D eigenvalue weighted by atomic mass is 32.2. The molecule has 1 rings (SSSR count). The highest BCUT2D eigenvalue weighted by Gasteiger charge is 2.15. The third-order valence-electron chi connectivity index (χ3n) is 1.28. The van der Waals surface area contributed by atoms with E-state index in [1.165, 1.54) is 26.5 Å². The lowest BCUT2D eigenvalue weighted by atomic mass is 10.0. The van der Waals surface area contributed by atoms with E-state index in [1.807, 2.05) is 0 Å². The smallest absolute Gasteiger partial charge is 0.189 e. The first-order valence-electron chi connectivity index (χ1n) is 3.18. The molecule has 0 bridgehead atoms. The zero-order valence-corrected chi connectivity index (χ0v) is 7.61. The van der Waals surface area contributed by atoms with Crippen molar-refractivity contribution < 1.29 is 8.42 Å². The second-order valence-electron chi connectivity index (χ2n) is 2.44. The van der Waals surface area contributed by atoms with Crippen LogP contribution >= 0.6 is 0 Å². The maximum Gasteiger partial charge on any atom is 0.322 e. The van der Waals surface area contributed by atoms with Crippen LogP contribution in [0.5, 0.6) is 0 Å². The van der Waals surface area contributed by atoms with Crippen LogP contribution in [0.4, 0.5) is 0 Å². The minimum absolute atomic E-state index is 0.320. The van der Waals surface area contributed by atoms with E-state index in [4.69, 9.17) is 7.85 Å². The molecule has 5 nitrogen and oxygen atoms in total. The molecular formula is C5H8BN3O2S. The van der Waals surface area contributed by atoms with Crippen LogP contribution in [0.25, 0.3) is 0 Å². The number of hydrogen-bond donors (Lipinski definition) is 0. The summed E-state index contributed by atoms with van der Waals surface area (Å²) in [6.45, 7) is 0. The van der Waals surface area contributed by atoms with Crippen LogP contribution in [0.1, 0.15) is 0 Å². The summed E-state index contributed by atoms with van der Waals surface area (Å²) in [5, 5.41) is 3.57. The van der Waals surface area contributed by atoms with Crippen LogP contribution in [0.3, 0.4) is 0 Å². The Morgan fingerprint density at radius 2 is 2.17 bits per heavy atom. The molecule has 0 spiro atoms. The molecule has 12 heavy (non-hydrogen) atoms. The number of rotatable bonds is 2. The highest BCUT2D eigenvalue weighted by Crippen LogP contribution is 1.95. The molecule has 0 unspecified atom stereocenters. The van der Waals surface area contributed by atoms with Crippen LogP contribution in [-0.4, -0.2) is 43.9 Å². The van der Waals surface area contributed by atoms with Crippen LogP contribution in [0.2, 0.25) is 0 Å². The van der Waals surface area contributed by atoms with Crippen molar-refractivity contribution in [1.82, 2.24) is 13.5 Å². The quantitative estimate of drug-likeness (QED) is 0.517. The van der Waals surface area contributed by atoms with Gasteiger partial charge in [-0.2, -0.15) is 21.9 Å². The Hall–Kier alpha value is -0.815. The maximum absolute atomic E-state index is 11.3. The van der Waals surface area contributed by atoms with Gasteiger partial charge in [0.2, 0.25) is 0 Å². The molecular weight excluding hydrogens is 177 g/mol. The third kappa shape index (κ3) is 1.51. The van der Waals surface area contributed by atoms with Gasteiger partial charge in [0.05, 0.1) is 0 Å². The minimum atomic E-state index is -3.50. The first kappa shape index (κ1) is 9.27. The summed E-state index contributed by atoms with van der Waals surface area (Å²) in [5.74, 6) is 0. The van der Waals surface area contributed by atoms with Crippen molar-refractivity contribution in [2.45, 2.75) is 0 Å². The van der Waals surface area contributed by atoms with E-state index in [-0.39, 0.29) is 0 Å². The van der Waals surface area contributed by atoms with E-state index in [0.29, 0.717) is 5.46 Å². The maximum atomic E-state index is 11.3. The molecule has 0 amide bonds. The molecule has 0 saturated heterocycles. The number of nitrogens with zero attached hydrogens (tertiary/aromatic N) is 3. The van der Waals surface area contributed by atoms with Gasteiger partial charge < -0.3 is 0 Å². The molecule has 0 atom stereocenters. The predicted molar refractivity (Wildman–Crippen MR) is 45.6 cm³/mol. The molecule has 0 aliphatic carbocycles. The van der Waals surface area contributed by atoms with E-state index < -0.39 is 10.2 Å². The van der Waals surface area contributed by atoms with Gasteiger partial charge in [-0.15, -0.1) is 0 Å². The molecule has 0 aliphatic rings. The summed E-state index contributed by atoms with van der Waals surface area (Å²) in [5.41, 5.74) is 0.320. The number of hydrogen-bond acceptors (Lipinski definition) is 3. The SMILES string of the molecule is [B]c1cnn(S(=O)(=O)N(C)C)c1. The molecule has 0 aliphatic heterocycles. The monoisotopic (exact) mass is 185 g/mol. The molecule has 2 radical (unpaired) electrons. The summed E-state index contributed by atoms with van der Waals surface area (Å²) in [6, 6.07) is 0. The largest absolute Gasteiger partial charge is 0.322 e. The molecule has 1 aromatic rings.